The summed E-state index contributed by atoms with van der Waals surface area (Å²) in [7, 11) is 0. The number of thioether (sulfide) groups is 2. The Balaban J connectivity index is 1.91. The summed E-state index contributed by atoms with van der Waals surface area (Å²) in [6, 6.07) is 7.75. The molecule has 1 fully saturated rings. The molecule has 2 N–H and O–H groups in total. The molecule has 2 unspecified atom stereocenters. The van der Waals surface area contributed by atoms with E-state index in [1.165, 1.54) is 11.5 Å². The third-order valence-corrected chi connectivity index (χ3v) is 6.27. The minimum absolute atomic E-state index is 0.0498. The van der Waals surface area contributed by atoms with Gasteiger partial charge in [-0.05, 0) is 12.1 Å². The van der Waals surface area contributed by atoms with Gasteiger partial charge in [-0.3, -0.25) is 0 Å². The lowest BCUT2D eigenvalue weighted by molar-refractivity contribution is 0.495. The van der Waals surface area contributed by atoms with E-state index < -0.39 is 0 Å². The van der Waals surface area contributed by atoms with E-state index in [4.69, 9.17) is 21.8 Å². The molecule has 0 bridgehead atoms. The smallest absolute Gasteiger partial charge is 0.152 e. The highest BCUT2D eigenvalue weighted by atomic mass is 35.5. The maximum absolute atomic E-state index is 6.31. The third kappa shape index (κ3) is 2.39. The van der Waals surface area contributed by atoms with Crippen molar-refractivity contribution >= 4 is 46.1 Å². The minimum atomic E-state index is -0.0498. The molecule has 1 aromatic heterocycles. The first kappa shape index (κ1) is 12.7. The van der Waals surface area contributed by atoms with Crippen LogP contribution in [0.4, 0.5) is 0 Å². The molecule has 2 heterocycles. The summed E-state index contributed by atoms with van der Waals surface area (Å²) in [5, 5.41) is 2.11. The Kier molecular flexibility index (Phi) is 3.80. The van der Waals surface area contributed by atoms with Gasteiger partial charge in [-0.25, -0.2) is 0 Å². The van der Waals surface area contributed by atoms with Crippen molar-refractivity contribution in [3.8, 4) is 0 Å². The molecule has 0 aliphatic carbocycles. The number of halogens is 1. The number of hydrogen-bond donors (Lipinski definition) is 1. The predicted octanol–water partition coefficient (Wildman–Crippen LogP) is 3.93. The summed E-state index contributed by atoms with van der Waals surface area (Å²) < 4.78 is 5.83. The Labute approximate surface area is 120 Å². The van der Waals surface area contributed by atoms with Crippen LogP contribution in [0, 0.1) is 0 Å². The molecule has 3 rings (SSSR count). The summed E-state index contributed by atoms with van der Waals surface area (Å²) in [4.78, 5) is 0. The highest BCUT2D eigenvalue weighted by molar-refractivity contribution is 8.06. The largest absolute Gasteiger partial charge is 0.458 e. The van der Waals surface area contributed by atoms with E-state index >= 15 is 0 Å². The first-order valence-corrected chi connectivity index (χ1v) is 8.47. The molecule has 18 heavy (non-hydrogen) atoms. The molecule has 0 saturated carbocycles. The number of nitrogens with two attached hydrogens (primary N) is 1. The van der Waals surface area contributed by atoms with Gasteiger partial charge in [0.1, 0.15) is 5.76 Å². The normalized spacial score (nSPS) is 22.2. The Morgan fingerprint density at radius 2 is 2.28 bits per heavy atom. The lowest BCUT2D eigenvalue weighted by Gasteiger charge is -2.25. The van der Waals surface area contributed by atoms with Crippen molar-refractivity contribution in [1.82, 2.24) is 0 Å². The number of furan rings is 1. The van der Waals surface area contributed by atoms with E-state index in [2.05, 4.69) is 0 Å². The maximum Gasteiger partial charge on any atom is 0.152 e. The van der Waals surface area contributed by atoms with Crippen molar-refractivity contribution in [3.05, 3.63) is 35.0 Å². The molecule has 1 saturated heterocycles. The average Bonchev–Trinajstić information content (AvgIpc) is 2.84. The second-order valence-electron chi connectivity index (χ2n) is 4.32. The first-order chi connectivity index (χ1) is 8.75. The van der Waals surface area contributed by atoms with Gasteiger partial charge in [0.2, 0.25) is 0 Å². The zero-order chi connectivity index (χ0) is 12.5. The van der Waals surface area contributed by atoms with E-state index in [1.54, 1.807) is 0 Å². The van der Waals surface area contributed by atoms with Crippen molar-refractivity contribution in [2.45, 2.75) is 11.3 Å². The second kappa shape index (κ2) is 5.37. The molecule has 1 aromatic carbocycles. The Hall–Kier alpha value is -0.290. The monoisotopic (exact) mass is 299 g/mol. The second-order valence-corrected chi connectivity index (χ2v) is 7.22. The Morgan fingerprint density at radius 3 is 3.00 bits per heavy atom. The predicted molar refractivity (Wildman–Crippen MR) is 81.7 cm³/mol. The van der Waals surface area contributed by atoms with E-state index in [0.717, 1.165) is 22.5 Å². The summed E-state index contributed by atoms with van der Waals surface area (Å²) in [6.07, 6.45) is 0. The van der Waals surface area contributed by atoms with E-state index in [9.17, 15) is 0 Å². The summed E-state index contributed by atoms with van der Waals surface area (Å²) in [6.45, 7) is 0. The lowest BCUT2D eigenvalue weighted by Crippen LogP contribution is -2.28. The molecule has 0 spiro atoms. The van der Waals surface area contributed by atoms with Crippen molar-refractivity contribution < 1.29 is 4.42 Å². The fourth-order valence-corrected chi connectivity index (χ4v) is 5.11. The van der Waals surface area contributed by atoms with Gasteiger partial charge in [-0.2, -0.15) is 23.5 Å². The fourth-order valence-electron chi connectivity index (χ4n) is 2.11. The van der Waals surface area contributed by atoms with Gasteiger partial charge >= 0.3 is 0 Å². The molecule has 0 radical (unpaired) electrons. The molecule has 0 amide bonds. The van der Waals surface area contributed by atoms with Crippen molar-refractivity contribution in [3.63, 3.8) is 0 Å². The highest BCUT2D eigenvalue weighted by Gasteiger charge is 2.25. The minimum Gasteiger partial charge on any atom is -0.458 e. The maximum atomic E-state index is 6.31. The zero-order valence-electron chi connectivity index (χ0n) is 9.77. The topological polar surface area (TPSA) is 39.2 Å². The molecule has 2 nitrogen and oxygen atoms in total. The summed E-state index contributed by atoms with van der Waals surface area (Å²) >= 11 is 10.0. The van der Waals surface area contributed by atoms with Gasteiger partial charge in [0.15, 0.2) is 5.58 Å². The SMILES string of the molecule is NC(c1cc2cccc(Cl)c2o1)C1CSCCS1. The number of benzene rings is 1. The van der Waals surface area contributed by atoms with Crippen molar-refractivity contribution in [1.29, 1.82) is 0 Å². The van der Waals surface area contributed by atoms with Crippen LogP contribution in [-0.2, 0) is 0 Å². The molecule has 5 heteroatoms. The highest BCUT2D eigenvalue weighted by Crippen LogP contribution is 2.35. The lowest BCUT2D eigenvalue weighted by atomic mass is 10.1. The summed E-state index contributed by atoms with van der Waals surface area (Å²) in [5.41, 5.74) is 7.06. The van der Waals surface area contributed by atoms with E-state index in [-0.39, 0.29) is 6.04 Å². The van der Waals surface area contributed by atoms with E-state index in [1.807, 2.05) is 47.8 Å². The fraction of sp³-hybridized carbons (Fsp3) is 0.385. The number of rotatable bonds is 2. The number of hydrogen-bond acceptors (Lipinski definition) is 4. The van der Waals surface area contributed by atoms with Crippen LogP contribution < -0.4 is 5.73 Å². The molecule has 2 atom stereocenters. The van der Waals surface area contributed by atoms with Gasteiger partial charge in [0, 0.05) is 27.9 Å². The summed E-state index contributed by atoms with van der Waals surface area (Å²) in [5.74, 6) is 4.33. The van der Waals surface area contributed by atoms with Crippen molar-refractivity contribution in [2.24, 2.45) is 5.73 Å². The van der Waals surface area contributed by atoms with Crippen LogP contribution in [0.1, 0.15) is 11.8 Å². The van der Waals surface area contributed by atoms with Gasteiger partial charge < -0.3 is 10.2 Å². The standard InChI is InChI=1S/C13H14ClNOS2/c14-9-3-1-2-8-6-10(16-13(8)9)12(15)11-7-17-4-5-18-11/h1-3,6,11-12H,4-5,7,15H2. The van der Waals surface area contributed by atoms with Gasteiger partial charge in [-0.15, -0.1) is 0 Å². The molecular formula is C13H14ClNOS2. The van der Waals surface area contributed by atoms with Crippen LogP contribution in [0.3, 0.4) is 0 Å². The van der Waals surface area contributed by atoms with Crippen LogP contribution in [0.15, 0.2) is 28.7 Å². The zero-order valence-corrected chi connectivity index (χ0v) is 12.2. The van der Waals surface area contributed by atoms with Crippen molar-refractivity contribution in [2.75, 3.05) is 17.3 Å². The van der Waals surface area contributed by atoms with Gasteiger partial charge in [0.05, 0.1) is 11.1 Å². The molecule has 1 aliphatic heterocycles. The Morgan fingerprint density at radius 1 is 1.39 bits per heavy atom. The third-order valence-electron chi connectivity index (χ3n) is 3.09. The molecule has 2 aromatic rings. The molecule has 1 aliphatic rings. The van der Waals surface area contributed by atoms with Gasteiger partial charge in [-0.1, -0.05) is 23.7 Å². The first-order valence-electron chi connectivity index (χ1n) is 5.88. The molecular weight excluding hydrogens is 286 g/mol. The van der Waals surface area contributed by atoms with Gasteiger partial charge in [0.25, 0.3) is 0 Å². The van der Waals surface area contributed by atoms with Crippen LogP contribution in [0.25, 0.3) is 11.0 Å². The quantitative estimate of drug-likeness (QED) is 0.912. The average molecular weight is 300 g/mol. The van der Waals surface area contributed by atoms with Crippen LogP contribution in [0.2, 0.25) is 5.02 Å². The van der Waals surface area contributed by atoms with Crippen LogP contribution >= 0.6 is 35.1 Å². The van der Waals surface area contributed by atoms with Crippen LogP contribution in [-0.4, -0.2) is 22.5 Å². The molecule has 96 valence electrons. The number of fused-ring (bicyclic) bond motifs is 1. The van der Waals surface area contributed by atoms with E-state index in [0.29, 0.717) is 10.3 Å². The van der Waals surface area contributed by atoms with Crippen LogP contribution in [0.5, 0.6) is 0 Å². The Bertz CT molecular complexity index is 551. The number of para-hydroxylation sites is 1.